The molecule has 0 saturated heterocycles. The lowest BCUT2D eigenvalue weighted by molar-refractivity contribution is 0.0678. The van der Waals surface area contributed by atoms with Gasteiger partial charge in [0.1, 0.15) is 0 Å². The van der Waals surface area contributed by atoms with Gasteiger partial charge in [-0.05, 0) is 82.9 Å². The minimum absolute atomic E-state index is 0.114. The molecule has 0 spiro atoms. The first-order chi connectivity index (χ1) is 12.6. The molecule has 2 heterocycles. The highest BCUT2D eigenvalue weighted by molar-refractivity contribution is 9.10. The Morgan fingerprint density at radius 2 is 1.96 bits per heavy atom. The maximum atomic E-state index is 13.4. The topological polar surface area (TPSA) is 36.1 Å². The zero-order valence-corrected chi connectivity index (χ0v) is 16.3. The van der Waals surface area contributed by atoms with Crippen molar-refractivity contribution in [1.82, 2.24) is 9.88 Å². The molecule has 1 atom stereocenters. The zero-order chi connectivity index (χ0) is 17.8. The fourth-order valence-corrected chi connectivity index (χ4v) is 4.74. The van der Waals surface area contributed by atoms with E-state index in [4.69, 9.17) is 0 Å². The van der Waals surface area contributed by atoms with Crippen LogP contribution in [-0.4, -0.2) is 22.3 Å². The highest BCUT2D eigenvalue weighted by Crippen LogP contribution is 2.44. The minimum Gasteiger partial charge on any atom is -0.349 e. The molecule has 0 bridgehead atoms. The van der Waals surface area contributed by atoms with Gasteiger partial charge >= 0.3 is 0 Å². The maximum Gasteiger partial charge on any atom is 0.254 e. The normalized spacial score (nSPS) is 19.6. The van der Waals surface area contributed by atoms with E-state index < -0.39 is 0 Å². The van der Waals surface area contributed by atoms with E-state index in [9.17, 15) is 4.79 Å². The number of H-pyrrole nitrogens is 1. The number of hydrogen-bond acceptors (Lipinski definition) is 1. The molecule has 1 aliphatic heterocycles. The van der Waals surface area contributed by atoms with E-state index in [1.54, 1.807) is 0 Å². The standard InChI is InChI=1S/C22H21BrN2O/c1-13-17-5-3-2-4-14(17)8-9-25(13)22(26)16-10-18(15-6-7-15)19-12-21(23)24-20(19)11-16/h2-5,10-13,15,24H,6-9H2,1H3/t13-/m1/s1. The summed E-state index contributed by atoms with van der Waals surface area (Å²) in [5.74, 6) is 0.744. The van der Waals surface area contributed by atoms with Crippen molar-refractivity contribution in [2.24, 2.45) is 0 Å². The van der Waals surface area contributed by atoms with E-state index in [0.29, 0.717) is 5.92 Å². The lowest BCUT2D eigenvalue weighted by Gasteiger charge is -2.35. The number of aromatic nitrogens is 1. The van der Waals surface area contributed by atoms with Crippen molar-refractivity contribution in [1.29, 1.82) is 0 Å². The van der Waals surface area contributed by atoms with Gasteiger partial charge in [-0.2, -0.15) is 0 Å². The van der Waals surface area contributed by atoms with Gasteiger partial charge in [-0.3, -0.25) is 4.79 Å². The van der Waals surface area contributed by atoms with Gasteiger partial charge in [0, 0.05) is 23.0 Å². The van der Waals surface area contributed by atoms with Crippen molar-refractivity contribution in [2.75, 3.05) is 6.54 Å². The van der Waals surface area contributed by atoms with Gasteiger partial charge in [0.05, 0.1) is 10.6 Å². The third kappa shape index (κ3) is 2.59. The van der Waals surface area contributed by atoms with Crippen molar-refractivity contribution in [2.45, 2.75) is 38.1 Å². The van der Waals surface area contributed by atoms with Crippen molar-refractivity contribution >= 4 is 32.7 Å². The summed E-state index contributed by atoms with van der Waals surface area (Å²) in [6.45, 7) is 2.92. The van der Waals surface area contributed by atoms with Crippen LogP contribution in [0.15, 0.2) is 47.1 Å². The molecule has 2 aliphatic rings. The number of hydrogen-bond donors (Lipinski definition) is 1. The Labute approximate surface area is 161 Å². The van der Waals surface area contributed by atoms with Crippen LogP contribution in [0, 0.1) is 0 Å². The molecule has 26 heavy (non-hydrogen) atoms. The Hall–Kier alpha value is -2.07. The van der Waals surface area contributed by atoms with Gasteiger partial charge in [0.25, 0.3) is 5.91 Å². The molecule has 3 nitrogen and oxygen atoms in total. The molecule has 1 aliphatic carbocycles. The molecule has 0 unspecified atom stereocenters. The summed E-state index contributed by atoms with van der Waals surface area (Å²) >= 11 is 3.54. The minimum atomic E-state index is 0.114. The first kappa shape index (κ1) is 16.1. The molecule has 1 N–H and O–H groups in total. The van der Waals surface area contributed by atoms with Gasteiger partial charge < -0.3 is 9.88 Å². The Balaban J connectivity index is 1.55. The molecule has 0 radical (unpaired) electrons. The van der Waals surface area contributed by atoms with Crippen molar-refractivity contribution in [3.8, 4) is 0 Å². The van der Waals surface area contributed by atoms with Gasteiger partial charge in [-0.1, -0.05) is 24.3 Å². The molecule has 3 aromatic rings. The quantitative estimate of drug-likeness (QED) is 0.591. The summed E-state index contributed by atoms with van der Waals surface area (Å²) < 4.78 is 0.972. The molecule has 2 aromatic carbocycles. The number of aromatic amines is 1. The zero-order valence-electron chi connectivity index (χ0n) is 14.8. The molecule has 132 valence electrons. The molecule has 1 aromatic heterocycles. The summed E-state index contributed by atoms with van der Waals surface area (Å²) in [5, 5.41) is 1.24. The van der Waals surface area contributed by atoms with Gasteiger partial charge in [0.2, 0.25) is 0 Å². The third-order valence-corrected chi connectivity index (χ3v) is 6.28. The molecular formula is C22H21BrN2O. The maximum absolute atomic E-state index is 13.4. The number of amides is 1. The fourth-order valence-electron chi connectivity index (χ4n) is 4.30. The fraction of sp³-hybridized carbons (Fsp3) is 0.318. The largest absolute Gasteiger partial charge is 0.349 e. The van der Waals surface area contributed by atoms with Crippen LogP contribution >= 0.6 is 15.9 Å². The monoisotopic (exact) mass is 408 g/mol. The smallest absolute Gasteiger partial charge is 0.254 e. The van der Waals surface area contributed by atoms with Crippen molar-refractivity contribution < 1.29 is 4.79 Å². The molecular weight excluding hydrogens is 388 g/mol. The van der Waals surface area contributed by atoms with Gasteiger partial charge in [-0.15, -0.1) is 0 Å². The van der Waals surface area contributed by atoms with Crippen molar-refractivity contribution in [3.05, 3.63) is 69.3 Å². The summed E-state index contributed by atoms with van der Waals surface area (Å²) in [6, 6.07) is 14.9. The number of rotatable bonds is 2. The summed E-state index contributed by atoms with van der Waals surface area (Å²) in [4.78, 5) is 18.7. The number of nitrogens with one attached hydrogen (secondary N) is 1. The van der Waals surface area contributed by atoms with E-state index in [2.05, 4.69) is 64.2 Å². The van der Waals surface area contributed by atoms with Crippen LogP contribution in [0.25, 0.3) is 10.9 Å². The second kappa shape index (κ2) is 5.98. The summed E-state index contributed by atoms with van der Waals surface area (Å²) in [5.41, 5.74) is 5.82. The van der Waals surface area contributed by atoms with Crippen LogP contribution < -0.4 is 0 Å². The van der Waals surface area contributed by atoms with E-state index in [1.165, 1.54) is 34.9 Å². The lowest BCUT2D eigenvalue weighted by Crippen LogP contribution is -2.38. The molecule has 1 amide bonds. The van der Waals surface area contributed by atoms with E-state index in [1.807, 2.05) is 11.0 Å². The highest BCUT2D eigenvalue weighted by Gasteiger charge is 2.31. The van der Waals surface area contributed by atoms with E-state index >= 15 is 0 Å². The van der Waals surface area contributed by atoms with Crippen LogP contribution in [0.4, 0.5) is 0 Å². The van der Waals surface area contributed by atoms with Crippen molar-refractivity contribution in [3.63, 3.8) is 0 Å². The average molecular weight is 409 g/mol. The Morgan fingerprint density at radius 3 is 2.77 bits per heavy atom. The predicted octanol–water partition coefficient (Wildman–Crippen LogP) is 5.57. The third-order valence-electron chi connectivity index (χ3n) is 5.86. The Kier molecular flexibility index (Phi) is 3.71. The lowest BCUT2D eigenvalue weighted by atomic mass is 9.92. The number of nitrogens with zero attached hydrogens (tertiary/aromatic N) is 1. The number of fused-ring (bicyclic) bond motifs is 2. The van der Waals surface area contributed by atoms with Crippen LogP contribution in [0.5, 0.6) is 0 Å². The predicted molar refractivity (Wildman–Crippen MR) is 108 cm³/mol. The summed E-state index contributed by atoms with van der Waals surface area (Å²) in [7, 11) is 0. The number of carbonyl (C=O) groups excluding carboxylic acids is 1. The van der Waals surface area contributed by atoms with Crippen LogP contribution in [0.3, 0.4) is 0 Å². The van der Waals surface area contributed by atoms with E-state index in [0.717, 1.165) is 28.6 Å². The SMILES string of the molecule is C[C@@H]1c2ccccc2CCN1C(=O)c1cc(C2CC2)c2cc(Br)[nH]c2c1. The Bertz CT molecular complexity index is 1020. The second-order valence-electron chi connectivity index (χ2n) is 7.54. The number of halogens is 1. The van der Waals surface area contributed by atoms with Gasteiger partial charge in [0.15, 0.2) is 0 Å². The number of carbonyl (C=O) groups is 1. The highest BCUT2D eigenvalue weighted by atomic mass is 79.9. The Morgan fingerprint density at radius 1 is 1.15 bits per heavy atom. The molecule has 1 fully saturated rings. The first-order valence-electron chi connectivity index (χ1n) is 9.33. The van der Waals surface area contributed by atoms with Crippen LogP contribution in [0.1, 0.15) is 58.8 Å². The number of benzene rings is 2. The van der Waals surface area contributed by atoms with Crippen LogP contribution in [-0.2, 0) is 6.42 Å². The average Bonchev–Trinajstić information content (AvgIpc) is 3.41. The molecule has 4 heteroatoms. The second-order valence-corrected chi connectivity index (χ2v) is 8.40. The van der Waals surface area contributed by atoms with Crippen LogP contribution in [0.2, 0.25) is 0 Å². The molecule has 1 saturated carbocycles. The molecule has 5 rings (SSSR count). The first-order valence-corrected chi connectivity index (χ1v) is 10.1. The van der Waals surface area contributed by atoms with Gasteiger partial charge in [-0.25, -0.2) is 0 Å². The van der Waals surface area contributed by atoms with E-state index in [-0.39, 0.29) is 11.9 Å². The summed E-state index contributed by atoms with van der Waals surface area (Å²) in [6.07, 6.45) is 3.38.